The molecule has 0 fully saturated rings. The molecule has 0 aliphatic heterocycles. The highest BCUT2D eigenvalue weighted by Gasteiger charge is 2.11. The van der Waals surface area contributed by atoms with Crippen LogP contribution in [0.25, 0.3) is 0 Å². The van der Waals surface area contributed by atoms with E-state index >= 15 is 0 Å². The van der Waals surface area contributed by atoms with E-state index in [0.717, 1.165) is 17.2 Å². The maximum atomic E-state index is 11.8. The van der Waals surface area contributed by atoms with Gasteiger partial charge >= 0.3 is 6.09 Å². The first-order valence-electron chi connectivity index (χ1n) is 7.63. The highest BCUT2D eigenvalue weighted by atomic mass is 16.5. The standard InChI is InChI=1S/C17H19N3O5/c1-12-5-7-13(8-6-12)11-25-17(23)19-10-9-18-16(22)14-3-2-4-15(21)20(14)24/h2-8,24H,9-11H2,1H3,(H,18,22)(H,19,23). The van der Waals surface area contributed by atoms with Crippen molar-refractivity contribution in [2.45, 2.75) is 13.5 Å². The number of carbonyl (C=O) groups excluding carboxylic acids is 2. The Morgan fingerprint density at radius 1 is 1.08 bits per heavy atom. The highest BCUT2D eigenvalue weighted by Crippen LogP contribution is 2.04. The summed E-state index contributed by atoms with van der Waals surface area (Å²) in [6.07, 6.45) is -0.603. The number of aryl methyl sites for hydroxylation is 1. The molecule has 1 aromatic carbocycles. The summed E-state index contributed by atoms with van der Waals surface area (Å²) in [5, 5.41) is 14.4. The van der Waals surface area contributed by atoms with Crippen molar-refractivity contribution in [3.63, 3.8) is 0 Å². The molecule has 0 saturated carbocycles. The van der Waals surface area contributed by atoms with Crippen molar-refractivity contribution in [1.82, 2.24) is 15.4 Å². The van der Waals surface area contributed by atoms with Crippen LogP contribution in [0.3, 0.4) is 0 Å². The van der Waals surface area contributed by atoms with Gasteiger partial charge < -0.3 is 20.6 Å². The Balaban J connectivity index is 1.69. The van der Waals surface area contributed by atoms with Gasteiger partial charge in [0, 0.05) is 19.2 Å². The number of rotatable bonds is 6. The van der Waals surface area contributed by atoms with Crippen molar-refractivity contribution in [1.29, 1.82) is 0 Å². The topological polar surface area (TPSA) is 110 Å². The molecule has 25 heavy (non-hydrogen) atoms. The Morgan fingerprint density at radius 3 is 2.48 bits per heavy atom. The maximum absolute atomic E-state index is 11.8. The second-order valence-electron chi connectivity index (χ2n) is 5.31. The number of ether oxygens (including phenoxy) is 1. The van der Waals surface area contributed by atoms with E-state index in [1.54, 1.807) is 0 Å². The lowest BCUT2D eigenvalue weighted by atomic mass is 10.2. The number of hydrogen-bond acceptors (Lipinski definition) is 5. The molecule has 2 amide bonds. The molecule has 2 aromatic rings. The molecule has 132 valence electrons. The number of carbonyl (C=O) groups is 2. The number of amides is 2. The predicted octanol–water partition coefficient (Wildman–Crippen LogP) is 1.05. The SMILES string of the molecule is Cc1ccc(COC(=O)NCCNC(=O)c2cccc(=O)n2O)cc1. The zero-order valence-corrected chi connectivity index (χ0v) is 13.7. The molecular formula is C17H19N3O5. The zero-order chi connectivity index (χ0) is 18.2. The van der Waals surface area contributed by atoms with E-state index in [-0.39, 0.29) is 30.1 Å². The molecule has 1 aromatic heterocycles. The fraction of sp³-hybridized carbons (Fsp3) is 0.235. The molecule has 0 spiro atoms. The minimum Gasteiger partial charge on any atom is -0.445 e. The van der Waals surface area contributed by atoms with E-state index in [0.29, 0.717) is 0 Å². The summed E-state index contributed by atoms with van der Waals surface area (Å²) in [4.78, 5) is 34.6. The fourth-order valence-electron chi connectivity index (χ4n) is 1.97. The van der Waals surface area contributed by atoms with Gasteiger partial charge in [0.2, 0.25) is 0 Å². The lowest BCUT2D eigenvalue weighted by molar-refractivity contribution is 0.0890. The number of nitrogens with one attached hydrogen (secondary N) is 2. The molecule has 0 radical (unpaired) electrons. The lowest BCUT2D eigenvalue weighted by Crippen LogP contribution is -2.37. The van der Waals surface area contributed by atoms with E-state index in [1.165, 1.54) is 12.1 Å². The average molecular weight is 345 g/mol. The molecule has 2 rings (SSSR count). The van der Waals surface area contributed by atoms with E-state index in [2.05, 4.69) is 10.6 Å². The van der Waals surface area contributed by atoms with Crippen molar-refractivity contribution in [3.05, 3.63) is 69.6 Å². The van der Waals surface area contributed by atoms with Crippen LogP contribution in [0.1, 0.15) is 21.6 Å². The summed E-state index contributed by atoms with van der Waals surface area (Å²) in [5.41, 5.74) is 1.11. The van der Waals surface area contributed by atoms with E-state index < -0.39 is 17.6 Å². The normalized spacial score (nSPS) is 10.1. The molecule has 3 N–H and O–H groups in total. The summed E-state index contributed by atoms with van der Waals surface area (Å²) in [5.74, 6) is -0.630. The van der Waals surface area contributed by atoms with Crippen LogP contribution in [-0.2, 0) is 11.3 Å². The number of nitrogens with zero attached hydrogens (tertiary/aromatic N) is 1. The van der Waals surface area contributed by atoms with Gasteiger partial charge in [0.15, 0.2) is 0 Å². The molecule has 8 heteroatoms. The zero-order valence-electron chi connectivity index (χ0n) is 13.7. The Hall–Kier alpha value is -3.29. The van der Waals surface area contributed by atoms with E-state index in [1.807, 2.05) is 31.2 Å². The van der Waals surface area contributed by atoms with Crippen LogP contribution < -0.4 is 16.2 Å². The van der Waals surface area contributed by atoms with Gasteiger partial charge in [0.1, 0.15) is 12.3 Å². The van der Waals surface area contributed by atoms with Gasteiger partial charge in [-0.05, 0) is 18.6 Å². The number of pyridine rings is 1. The molecular weight excluding hydrogens is 326 g/mol. The smallest absolute Gasteiger partial charge is 0.407 e. The summed E-state index contributed by atoms with van der Waals surface area (Å²) in [6, 6.07) is 11.4. The Bertz CT molecular complexity index is 799. The average Bonchev–Trinajstić information content (AvgIpc) is 2.60. The number of alkyl carbamates (subject to hydrolysis) is 1. The van der Waals surface area contributed by atoms with Crippen LogP contribution >= 0.6 is 0 Å². The van der Waals surface area contributed by atoms with Crippen LogP contribution in [0.5, 0.6) is 0 Å². The van der Waals surface area contributed by atoms with Gasteiger partial charge in [-0.3, -0.25) is 9.59 Å². The molecule has 1 heterocycles. The predicted molar refractivity (Wildman–Crippen MR) is 89.6 cm³/mol. The van der Waals surface area contributed by atoms with Crippen molar-refractivity contribution >= 4 is 12.0 Å². The molecule has 0 aliphatic carbocycles. The lowest BCUT2D eigenvalue weighted by Gasteiger charge is -2.09. The minimum absolute atomic E-state index is 0.113. The number of benzene rings is 1. The molecule has 0 saturated heterocycles. The Kier molecular flexibility index (Phi) is 6.16. The van der Waals surface area contributed by atoms with Gasteiger partial charge in [0.05, 0.1) is 0 Å². The molecule has 0 atom stereocenters. The van der Waals surface area contributed by atoms with Gasteiger partial charge in [-0.2, -0.15) is 0 Å². The fourth-order valence-corrected chi connectivity index (χ4v) is 1.97. The van der Waals surface area contributed by atoms with Crippen molar-refractivity contribution in [2.75, 3.05) is 13.1 Å². The second kappa shape index (κ2) is 8.53. The van der Waals surface area contributed by atoms with Gasteiger partial charge in [-0.1, -0.05) is 35.9 Å². The first-order valence-corrected chi connectivity index (χ1v) is 7.63. The second-order valence-corrected chi connectivity index (χ2v) is 5.31. The van der Waals surface area contributed by atoms with Crippen LogP contribution in [0.15, 0.2) is 47.3 Å². The Morgan fingerprint density at radius 2 is 1.76 bits per heavy atom. The number of hydrogen-bond donors (Lipinski definition) is 3. The number of aromatic nitrogens is 1. The monoisotopic (exact) mass is 345 g/mol. The summed E-state index contributed by atoms with van der Waals surface area (Å²) >= 11 is 0. The third-order valence-corrected chi connectivity index (χ3v) is 3.33. The van der Waals surface area contributed by atoms with Crippen LogP contribution in [0.2, 0.25) is 0 Å². The van der Waals surface area contributed by atoms with Gasteiger partial charge in [-0.15, -0.1) is 4.73 Å². The molecule has 0 bridgehead atoms. The summed E-state index contributed by atoms with van der Waals surface area (Å²) < 4.78 is 5.31. The first kappa shape index (κ1) is 18.1. The quantitative estimate of drug-likeness (QED) is 0.535. The van der Waals surface area contributed by atoms with Crippen molar-refractivity contribution in [3.8, 4) is 0 Å². The van der Waals surface area contributed by atoms with Crippen LogP contribution in [-0.4, -0.2) is 35.0 Å². The molecule has 0 unspecified atom stereocenters. The summed E-state index contributed by atoms with van der Waals surface area (Å²) in [7, 11) is 0. The third kappa shape index (κ3) is 5.38. The van der Waals surface area contributed by atoms with Gasteiger partial charge in [0.25, 0.3) is 11.5 Å². The minimum atomic E-state index is -0.703. The third-order valence-electron chi connectivity index (χ3n) is 3.33. The van der Waals surface area contributed by atoms with E-state index in [4.69, 9.17) is 4.74 Å². The van der Waals surface area contributed by atoms with Crippen molar-refractivity contribution in [2.24, 2.45) is 0 Å². The first-order chi connectivity index (χ1) is 12.0. The molecule has 0 aliphatic rings. The maximum Gasteiger partial charge on any atom is 0.407 e. The molecule has 8 nitrogen and oxygen atoms in total. The van der Waals surface area contributed by atoms with Crippen molar-refractivity contribution < 1.29 is 19.5 Å². The van der Waals surface area contributed by atoms with Crippen LogP contribution in [0, 0.1) is 6.92 Å². The van der Waals surface area contributed by atoms with Gasteiger partial charge in [-0.25, -0.2) is 4.79 Å². The Labute approximate surface area is 144 Å². The highest BCUT2D eigenvalue weighted by molar-refractivity contribution is 5.92. The summed E-state index contributed by atoms with van der Waals surface area (Å²) in [6.45, 7) is 2.37. The largest absolute Gasteiger partial charge is 0.445 e. The van der Waals surface area contributed by atoms with Crippen LogP contribution in [0.4, 0.5) is 4.79 Å². The van der Waals surface area contributed by atoms with E-state index in [9.17, 15) is 19.6 Å².